The Balaban J connectivity index is 0.988. The van der Waals surface area contributed by atoms with E-state index in [1.165, 1.54) is 13.8 Å². The first-order valence-electron chi connectivity index (χ1n) is 27.9. The minimum Gasteiger partial charge on any atom is -0.394 e. The normalized spacial score (nSPS) is 50.5. The highest BCUT2D eigenvalue weighted by atomic mass is 16.8. The molecule has 8 aliphatic rings. The zero-order chi connectivity index (χ0) is 57.5. The Hall–Kier alpha value is -1.51. The average Bonchev–Trinajstić information content (AvgIpc) is 3.21. The van der Waals surface area contributed by atoms with Crippen LogP contribution in [0.25, 0.3) is 0 Å². The Labute approximate surface area is 454 Å². The third-order valence-corrected chi connectivity index (χ3v) is 20.5. The second-order valence-corrected chi connectivity index (χ2v) is 25.7. The second kappa shape index (κ2) is 23.5. The van der Waals surface area contributed by atoms with Crippen molar-refractivity contribution < 1.29 is 119 Å². The van der Waals surface area contributed by atoms with Gasteiger partial charge in [-0.2, -0.15) is 0 Å². The van der Waals surface area contributed by atoms with Crippen LogP contribution in [0.1, 0.15) is 107 Å². The van der Waals surface area contributed by atoms with Gasteiger partial charge in [-0.1, -0.05) is 53.2 Å². The van der Waals surface area contributed by atoms with Crippen LogP contribution in [0.5, 0.6) is 0 Å². The first kappa shape index (κ1) is 62.5. The molecule has 78 heavy (non-hydrogen) atoms. The molecule has 3 saturated carbocycles. The van der Waals surface area contributed by atoms with Crippen molar-refractivity contribution in [3.63, 3.8) is 0 Å². The number of hydrogen-bond donors (Lipinski definition) is 15. The number of aliphatic hydroxyl groups is 15. The molecule has 0 radical (unpaired) electrons. The number of ketones is 1. The molecule has 8 rings (SSSR count). The van der Waals surface area contributed by atoms with Crippen molar-refractivity contribution in [3.05, 3.63) is 11.6 Å². The lowest BCUT2D eigenvalue weighted by molar-refractivity contribution is -0.380. The summed E-state index contributed by atoms with van der Waals surface area (Å²) in [5, 5.41) is 159. The molecule has 24 nitrogen and oxygen atoms in total. The van der Waals surface area contributed by atoms with Gasteiger partial charge in [-0.25, -0.2) is 0 Å². The van der Waals surface area contributed by atoms with Gasteiger partial charge in [0.15, 0.2) is 25.2 Å². The monoisotopic (exact) mass is 1120 g/mol. The number of carbonyl (C=O) groups is 1. The van der Waals surface area contributed by atoms with Crippen LogP contribution in [0.4, 0.5) is 0 Å². The van der Waals surface area contributed by atoms with Crippen molar-refractivity contribution in [2.24, 2.45) is 45.3 Å². The molecule has 0 bridgehead atoms. The van der Waals surface area contributed by atoms with Crippen molar-refractivity contribution in [3.8, 4) is 0 Å². The van der Waals surface area contributed by atoms with Crippen LogP contribution in [0.2, 0.25) is 0 Å². The Morgan fingerprint density at radius 1 is 0.615 bits per heavy atom. The van der Waals surface area contributed by atoms with Crippen LogP contribution >= 0.6 is 0 Å². The number of Topliss-reactive ketones (excluding diaryl/α,β-unsaturated/α-hetero) is 1. The predicted octanol–water partition coefficient (Wildman–Crippen LogP) is -3.02. The minimum atomic E-state index is -1.94. The van der Waals surface area contributed by atoms with Gasteiger partial charge in [0, 0.05) is 17.3 Å². The molecule has 0 aromatic rings. The van der Waals surface area contributed by atoms with Gasteiger partial charge in [0.25, 0.3) is 0 Å². The summed E-state index contributed by atoms with van der Waals surface area (Å²) in [5.74, 6) is 0.111. The molecule has 0 amide bonds. The second-order valence-electron chi connectivity index (χ2n) is 25.7. The molecule has 4 saturated heterocycles. The summed E-state index contributed by atoms with van der Waals surface area (Å²) in [7, 11) is 0. The minimum absolute atomic E-state index is 0.00290. The standard InChI is InChI=1S/C54H90O24/c1-22(23-15-16-52(6)30-12-10-24-25(54(30,8)31(58)17-53(23,52)7)11-14-32(50(24,2)3)76-47-43(68)39(64)35(60)27(19-56)73-47)9-13-33(51(4,5)70)77-49-45(78-48-44(69)40(65)36(61)28(20-57)74-48)41(66)37(62)29(75-49)21-71-46-42(67)38(63)34(59)26(18-55)72-46/h10,22-23,25-30,32-49,55-57,59-70H,9,11-21H2,1-8H3/t22-,23-,25-,26-,27-,28-,29-,30?,32+,33-,34-,35-,36-,37-,38+,39+,40+,41+,42-,43-,44-,45-,46-,47+,48+,49+,52+,53-,54+/m1/s1. The lowest BCUT2D eigenvalue weighted by Gasteiger charge is -2.65. The molecule has 15 N–H and O–H groups in total. The summed E-state index contributed by atoms with van der Waals surface area (Å²) < 4.78 is 47.7. The lowest BCUT2D eigenvalue weighted by atomic mass is 9.38. The molecule has 7 fully saturated rings. The number of rotatable bonds is 17. The van der Waals surface area contributed by atoms with Crippen LogP contribution in [0.3, 0.4) is 0 Å². The fraction of sp³-hybridized carbons (Fsp3) is 0.944. The van der Waals surface area contributed by atoms with Crippen molar-refractivity contribution in [1.82, 2.24) is 0 Å². The van der Waals surface area contributed by atoms with Crippen LogP contribution in [0, 0.1) is 45.3 Å². The van der Waals surface area contributed by atoms with E-state index in [1.807, 2.05) is 0 Å². The first-order chi connectivity index (χ1) is 36.4. The molecule has 4 aliphatic heterocycles. The van der Waals surface area contributed by atoms with Crippen LogP contribution < -0.4 is 0 Å². The summed E-state index contributed by atoms with van der Waals surface area (Å²) in [6, 6.07) is 0. The highest BCUT2D eigenvalue weighted by Gasteiger charge is 2.71. The highest BCUT2D eigenvalue weighted by Crippen LogP contribution is 2.74. The lowest BCUT2D eigenvalue weighted by Crippen LogP contribution is -2.65. The summed E-state index contributed by atoms with van der Waals surface area (Å²) in [6.07, 6.45) is -27.7. The fourth-order valence-electron chi connectivity index (χ4n) is 15.3. The Morgan fingerprint density at radius 2 is 1.12 bits per heavy atom. The molecular weight excluding hydrogens is 1030 g/mol. The Morgan fingerprint density at radius 3 is 1.65 bits per heavy atom. The molecule has 29 atom stereocenters. The molecule has 0 spiro atoms. The van der Waals surface area contributed by atoms with E-state index in [0.717, 1.165) is 18.4 Å². The van der Waals surface area contributed by atoms with Crippen molar-refractivity contribution in [1.29, 1.82) is 0 Å². The summed E-state index contributed by atoms with van der Waals surface area (Å²) in [4.78, 5) is 15.2. The fourth-order valence-corrected chi connectivity index (χ4v) is 15.3. The van der Waals surface area contributed by atoms with Crippen LogP contribution in [0.15, 0.2) is 11.6 Å². The third-order valence-electron chi connectivity index (χ3n) is 20.5. The van der Waals surface area contributed by atoms with E-state index in [1.54, 1.807) is 0 Å². The number of aliphatic hydroxyl groups excluding tert-OH is 14. The molecule has 4 heterocycles. The number of ether oxygens (including phenoxy) is 8. The molecule has 4 aliphatic carbocycles. The van der Waals surface area contributed by atoms with E-state index in [-0.39, 0.29) is 41.3 Å². The largest absolute Gasteiger partial charge is 0.394 e. The number of hydrogen-bond acceptors (Lipinski definition) is 24. The van der Waals surface area contributed by atoms with E-state index in [9.17, 15) is 76.6 Å². The first-order valence-corrected chi connectivity index (χ1v) is 27.9. The zero-order valence-corrected chi connectivity index (χ0v) is 46.0. The summed E-state index contributed by atoms with van der Waals surface area (Å²) in [6.45, 7) is 13.2. The number of fused-ring (bicyclic) bond motifs is 5. The van der Waals surface area contributed by atoms with Gasteiger partial charge < -0.3 is 114 Å². The van der Waals surface area contributed by atoms with Gasteiger partial charge in [0.2, 0.25) is 0 Å². The van der Waals surface area contributed by atoms with Crippen LogP contribution in [-0.2, 0) is 42.7 Å². The quantitative estimate of drug-likeness (QED) is 0.0645. The van der Waals surface area contributed by atoms with Gasteiger partial charge in [0.05, 0.1) is 44.2 Å². The van der Waals surface area contributed by atoms with E-state index in [0.29, 0.717) is 32.1 Å². The van der Waals surface area contributed by atoms with Crippen molar-refractivity contribution in [2.45, 2.75) is 247 Å². The molecule has 450 valence electrons. The SMILES string of the molecule is C[C@H](CC[C@@H](O[C@@H]1O[C@H](CO[C@@H]2O[C@H](CO)[C@@H](O)[C@H](O)[C@H]2O)[C@@H](O)[C@H](O)[C@H]1O[C@@H]1O[C@H](CO)[C@@H](O)[C@H](O)[C@H]1O)C(C)(C)O)[C@H]1CC[C@@]2(C)C3CC=C4[C@@H](CC[C@H](O[C@@H]5O[C@H](CO)[C@@H](O)[C@H](O)[C@H]5O)C4(C)C)[C@]3(C)C(=O)C[C@]12C. The summed E-state index contributed by atoms with van der Waals surface area (Å²) in [5.41, 5.74) is -2.54. The molecular formula is C54H90O24. The van der Waals surface area contributed by atoms with Crippen molar-refractivity contribution >= 4 is 5.78 Å². The molecule has 1 unspecified atom stereocenters. The Kier molecular flexibility index (Phi) is 18.8. The van der Waals surface area contributed by atoms with E-state index in [2.05, 4.69) is 47.6 Å². The smallest absolute Gasteiger partial charge is 0.187 e. The predicted molar refractivity (Wildman–Crippen MR) is 267 cm³/mol. The average molecular weight is 1120 g/mol. The maximum Gasteiger partial charge on any atom is 0.187 e. The topological polar surface area (TPSA) is 394 Å². The summed E-state index contributed by atoms with van der Waals surface area (Å²) >= 11 is 0. The zero-order valence-electron chi connectivity index (χ0n) is 46.0. The van der Waals surface area contributed by atoms with E-state index in [4.69, 9.17) is 37.9 Å². The molecule has 24 heteroatoms. The van der Waals surface area contributed by atoms with Gasteiger partial charge in [0.1, 0.15) is 103 Å². The van der Waals surface area contributed by atoms with Crippen molar-refractivity contribution in [2.75, 3.05) is 26.4 Å². The van der Waals surface area contributed by atoms with Gasteiger partial charge in [-0.05, 0) is 93.3 Å². The van der Waals surface area contributed by atoms with Gasteiger partial charge in [-0.3, -0.25) is 4.79 Å². The molecule has 0 aromatic carbocycles. The van der Waals surface area contributed by atoms with Gasteiger partial charge in [-0.15, -0.1) is 0 Å². The maximum atomic E-state index is 15.2. The number of allylic oxidation sites excluding steroid dienone is 1. The van der Waals surface area contributed by atoms with E-state index >= 15 is 4.79 Å². The number of carbonyl (C=O) groups excluding carboxylic acids is 1. The third kappa shape index (κ3) is 10.9. The highest BCUT2D eigenvalue weighted by molar-refractivity contribution is 5.88. The maximum absolute atomic E-state index is 15.2. The van der Waals surface area contributed by atoms with E-state index < -0.39 is 183 Å². The van der Waals surface area contributed by atoms with Crippen LogP contribution in [-0.4, -0.2) is 249 Å². The Bertz CT molecular complexity index is 2070. The molecule has 0 aromatic heterocycles. The van der Waals surface area contributed by atoms with Gasteiger partial charge >= 0.3 is 0 Å².